The molecule has 0 saturated carbocycles. The SMILES string of the molecule is C[C@H](O)CCc1ccc[nH]1. The van der Waals surface area contributed by atoms with Gasteiger partial charge in [-0.15, -0.1) is 0 Å². The highest BCUT2D eigenvalue weighted by molar-refractivity contribution is 5.03. The second kappa shape index (κ2) is 3.42. The van der Waals surface area contributed by atoms with E-state index in [2.05, 4.69) is 4.98 Å². The highest BCUT2D eigenvalue weighted by atomic mass is 16.3. The van der Waals surface area contributed by atoms with Crippen LogP contribution in [0.4, 0.5) is 0 Å². The summed E-state index contributed by atoms with van der Waals surface area (Å²) < 4.78 is 0. The quantitative estimate of drug-likeness (QED) is 0.651. The molecule has 1 aromatic heterocycles. The molecule has 0 aromatic carbocycles. The molecule has 0 fully saturated rings. The molecular weight excluding hydrogens is 126 g/mol. The number of aromatic nitrogens is 1. The summed E-state index contributed by atoms with van der Waals surface area (Å²) in [6.45, 7) is 1.81. The zero-order chi connectivity index (χ0) is 7.40. The Hall–Kier alpha value is -0.760. The van der Waals surface area contributed by atoms with E-state index in [9.17, 15) is 0 Å². The van der Waals surface area contributed by atoms with Crippen LogP contribution >= 0.6 is 0 Å². The van der Waals surface area contributed by atoms with Gasteiger partial charge in [0.1, 0.15) is 0 Å². The van der Waals surface area contributed by atoms with Gasteiger partial charge in [-0.05, 0) is 31.9 Å². The maximum absolute atomic E-state index is 8.94. The molecule has 0 saturated heterocycles. The summed E-state index contributed by atoms with van der Waals surface area (Å²) in [5.41, 5.74) is 1.20. The molecule has 0 unspecified atom stereocenters. The largest absolute Gasteiger partial charge is 0.393 e. The van der Waals surface area contributed by atoms with Gasteiger partial charge in [0.2, 0.25) is 0 Å². The maximum atomic E-state index is 8.94. The van der Waals surface area contributed by atoms with Crippen LogP contribution in [0.3, 0.4) is 0 Å². The standard InChI is InChI=1S/C8H13NO/c1-7(10)4-5-8-3-2-6-9-8/h2-3,6-7,9-10H,4-5H2,1H3/t7-/m0/s1. The summed E-state index contributed by atoms with van der Waals surface area (Å²) in [5.74, 6) is 0. The zero-order valence-electron chi connectivity index (χ0n) is 6.17. The van der Waals surface area contributed by atoms with Crippen molar-refractivity contribution in [1.82, 2.24) is 4.98 Å². The zero-order valence-corrected chi connectivity index (χ0v) is 6.17. The van der Waals surface area contributed by atoms with Crippen molar-refractivity contribution in [2.24, 2.45) is 0 Å². The van der Waals surface area contributed by atoms with Gasteiger partial charge in [0, 0.05) is 11.9 Å². The fourth-order valence-electron chi connectivity index (χ4n) is 0.887. The van der Waals surface area contributed by atoms with Gasteiger partial charge in [0.15, 0.2) is 0 Å². The van der Waals surface area contributed by atoms with Crippen LogP contribution in [-0.4, -0.2) is 16.2 Å². The van der Waals surface area contributed by atoms with Gasteiger partial charge in [-0.2, -0.15) is 0 Å². The van der Waals surface area contributed by atoms with Gasteiger partial charge in [0.25, 0.3) is 0 Å². The van der Waals surface area contributed by atoms with Crippen LogP contribution < -0.4 is 0 Å². The highest BCUT2D eigenvalue weighted by Gasteiger charge is 1.96. The van der Waals surface area contributed by atoms with Crippen molar-refractivity contribution in [3.8, 4) is 0 Å². The molecule has 56 valence electrons. The van der Waals surface area contributed by atoms with E-state index in [1.54, 1.807) is 0 Å². The van der Waals surface area contributed by atoms with Crippen molar-refractivity contribution in [3.05, 3.63) is 24.0 Å². The first-order valence-electron chi connectivity index (χ1n) is 3.59. The Morgan fingerprint density at radius 3 is 3.00 bits per heavy atom. The Morgan fingerprint density at radius 2 is 2.50 bits per heavy atom. The van der Waals surface area contributed by atoms with Crippen LogP contribution in [0.2, 0.25) is 0 Å². The van der Waals surface area contributed by atoms with Gasteiger partial charge in [-0.1, -0.05) is 0 Å². The third-order valence-electron chi connectivity index (χ3n) is 1.49. The van der Waals surface area contributed by atoms with Crippen molar-refractivity contribution in [2.45, 2.75) is 25.9 Å². The van der Waals surface area contributed by atoms with Crippen LogP contribution in [0.25, 0.3) is 0 Å². The third-order valence-corrected chi connectivity index (χ3v) is 1.49. The van der Waals surface area contributed by atoms with E-state index in [0.717, 1.165) is 12.8 Å². The lowest BCUT2D eigenvalue weighted by molar-refractivity contribution is 0.184. The number of H-pyrrole nitrogens is 1. The van der Waals surface area contributed by atoms with Crippen LogP contribution in [0.1, 0.15) is 19.0 Å². The molecule has 0 aliphatic heterocycles. The summed E-state index contributed by atoms with van der Waals surface area (Å²) in [7, 11) is 0. The Labute approximate surface area is 60.9 Å². The number of aromatic amines is 1. The molecule has 1 rings (SSSR count). The Bertz CT molecular complexity index is 167. The summed E-state index contributed by atoms with van der Waals surface area (Å²) in [5, 5.41) is 8.94. The number of aliphatic hydroxyl groups is 1. The van der Waals surface area contributed by atoms with Gasteiger partial charge < -0.3 is 10.1 Å². The van der Waals surface area contributed by atoms with Crippen LogP contribution in [0.15, 0.2) is 18.3 Å². The van der Waals surface area contributed by atoms with Crippen LogP contribution in [-0.2, 0) is 6.42 Å². The van der Waals surface area contributed by atoms with Gasteiger partial charge in [-0.3, -0.25) is 0 Å². The lowest BCUT2D eigenvalue weighted by Crippen LogP contribution is -2.01. The maximum Gasteiger partial charge on any atom is 0.0515 e. The second-order valence-electron chi connectivity index (χ2n) is 2.58. The number of nitrogens with one attached hydrogen (secondary N) is 1. The molecule has 2 nitrogen and oxygen atoms in total. The summed E-state index contributed by atoms with van der Waals surface area (Å²) in [6, 6.07) is 4.00. The molecule has 0 spiro atoms. The number of rotatable bonds is 3. The molecular formula is C8H13NO. The van der Waals surface area contributed by atoms with E-state index in [-0.39, 0.29) is 6.10 Å². The second-order valence-corrected chi connectivity index (χ2v) is 2.58. The fraction of sp³-hybridized carbons (Fsp3) is 0.500. The van der Waals surface area contributed by atoms with Crippen molar-refractivity contribution < 1.29 is 5.11 Å². The van der Waals surface area contributed by atoms with E-state index >= 15 is 0 Å². The lowest BCUT2D eigenvalue weighted by Gasteiger charge is -2.00. The lowest BCUT2D eigenvalue weighted by atomic mass is 10.2. The molecule has 2 N–H and O–H groups in total. The van der Waals surface area contributed by atoms with E-state index < -0.39 is 0 Å². The molecule has 1 aromatic rings. The number of hydrogen-bond donors (Lipinski definition) is 2. The van der Waals surface area contributed by atoms with Gasteiger partial charge in [0.05, 0.1) is 6.10 Å². The average Bonchev–Trinajstić information content (AvgIpc) is 2.34. The number of aryl methyl sites for hydroxylation is 1. The number of hydrogen-bond acceptors (Lipinski definition) is 1. The summed E-state index contributed by atoms with van der Waals surface area (Å²) in [6.07, 6.45) is 3.48. The molecule has 0 amide bonds. The minimum absolute atomic E-state index is 0.191. The Kier molecular flexibility index (Phi) is 2.51. The molecule has 10 heavy (non-hydrogen) atoms. The Morgan fingerprint density at radius 1 is 1.70 bits per heavy atom. The highest BCUT2D eigenvalue weighted by Crippen LogP contribution is 2.01. The first-order valence-corrected chi connectivity index (χ1v) is 3.59. The van der Waals surface area contributed by atoms with Crippen molar-refractivity contribution in [1.29, 1.82) is 0 Å². The predicted molar refractivity (Wildman–Crippen MR) is 40.8 cm³/mol. The van der Waals surface area contributed by atoms with Gasteiger partial charge in [-0.25, -0.2) is 0 Å². The van der Waals surface area contributed by atoms with E-state index in [4.69, 9.17) is 5.11 Å². The van der Waals surface area contributed by atoms with Crippen LogP contribution in [0, 0.1) is 0 Å². The normalized spacial score (nSPS) is 13.4. The molecule has 0 radical (unpaired) electrons. The van der Waals surface area contributed by atoms with E-state index in [0.29, 0.717) is 0 Å². The monoisotopic (exact) mass is 139 g/mol. The van der Waals surface area contributed by atoms with Crippen LogP contribution in [0.5, 0.6) is 0 Å². The number of aliphatic hydroxyl groups excluding tert-OH is 1. The topological polar surface area (TPSA) is 36.0 Å². The minimum Gasteiger partial charge on any atom is -0.393 e. The average molecular weight is 139 g/mol. The van der Waals surface area contributed by atoms with E-state index in [1.807, 2.05) is 25.3 Å². The fourth-order valence-corrected chi connectivity index (χ4v) is 0.887. The van der Waals surface area contributed by atoms with Gasteiger partial charge >= 0.3 is 0 Å². The Balaban J connectivity index is 2.28. The third kappa shape index (κ3) is 2.23. The summed E-state index contributed by atoms with van der Waals surface area (Å²) >= 11 is 0. The molecule has 0 bridgehead atoms. The van der Waals surface area contributed by atoms with E-state index in [1.165, 1.54) is 5.69 Å². The van der Waals surface area contributed by atoms with Crippen molar-refractivity contribution in [3.63, 3.8) is 0 Å². The molecule has 0 aliphatic carbocycles. The molecule has 1 atom stereocenters. The molecule has 2 heteroatoms. The molecule has 1 heterocycles. The molecule has 0 aliphatic rings. The first kappa shape index (κ1) is 7.35. The predicted octanol–water partition coefficient (Wildman–Crippen LogP) is 1.33. The van der Waals surface area contributed by atoms with Crippen molar-refractivity contribution in [2.75, 3.05) is 0 Å². The minimum atomic E-state index is -0.191. The smallest absolute Gasteiger partial charge is 0.0515 e. The summed E-state index contributed by atoms with van der Waals surface area (Å²) in [4.78, 5) is 3.08. The van der Waals surface area contributed by atoms with Crippen molar-refractivity contribution >= 4 is 0 Å². The first-order chi connectivity index (χ1) is 4.79.